The Kier molecular flexibility index (Phi) is 14.2. The standard InChI is InChI=1S/C58H62FN5O7Si/c1-56(2,3)72(8,9)69-36-49-52(71-58(42-18-14-11-15-19-42,43-24-32-47(67-6)33-25-43)44-26-34-48(68-7)35-27-44)50(59)55(70-49)64-38-62-51-53(60-37-61-54(51)64)63-57(39-16-12-10-13-17-39,40-20-28-45(65-4)29-21-40)41-22-30-46(66-5)31-23-41/h10-35,37-38,49-50,52,55H,36H2,1-9H3,(H,60,61,63)/t49-,50-,52+,55-/m1/s1. The van der Waals surface area contributed by atoms with Crippen LogP contribution in [0.5, 0.6) is 23.0 Å². The number of fused-ring (bicyclic) bond motifs is 1. The summed E-state index contributed by atoms with van der Waals surface area (Å²) in [5.74, 6) is 3.16. The summed E-state index contributed by atoms with van der Waals surface area (Å²) < 4.78 is 63.9. The minimum absolute atomic E-state index is 0.0753. The van der Waals surface area contributed by atoms with E-state index in [2.05, 4.69) is 51.3 Å². The molecule has 0 amide bonds. The van der Waals surface area contributed by atoms with Gasteiger partial charge in [-0.1, -0.05) is 130 Å². The summed E-state index contributed by atoms with van der Waals surface area (Å²) in [6.45, 7) is 11.0. The van der Waals surface area contributed by atoms with E-state index in [1.807, 2.05) is 146 Å². The van der Waals surface area contributed by atoms with Crippen molar-refractivity contribution in [2.45, 2.75) is 74.7 Å². The summed E-state index contributed by atoms with van der Waals surface area (Å²) in [7, 11) is 4.14. The highest BCUT2D eigenvalue weighted by Crippen LogP contribution is 2.48. The number of nitrogens with zero attached hydrogens (tertiary/aromatic N) is 4. The van der Waals surface area contributed by atoms with Crippen LogP contribution in [0.15, 0.2) is 170 Å². The molecule has 14 heteroatoms. The molecule has 2 aromatic heterocycles. The Bertz CT molecular complexity index is 2950. The second-order valence-electron chi connectivity index (χ2n) is 19.4. The van der Waals surface area contributed by atoms with Crippen molar-refractivity contribution in [2.24, 2.45) is 0 Å². The summed E-state index contributed by atoms with van der Waals surface area (Å²) in [6.07, 6.45) is -2.04. The molecule has 0 bridgehead atoms. The maximum absolute atomic E-state index is 18.5. The highest BCUT2D eigenvalue weighted by Gasteiger charge is 2.53. The highest BCUT2D eigenvalue weighted by atomic mass is 28.4. The summed E-state index contributed by atoms with van der Waals surface area (Å²) >= 11 is 0. The summed E-state index contributed by atoms with van der Waals surface area (Å²) in [5, 5.41) is 3.71. The number of hydrogen-bond acceptors (Lipinski definition) is 11. The third kappa shape index (κ3) is 9.31. The van der Waals surface area contributed by atoms with Crippen molar-refractivity contribution < 1.29 is 37.2 Å². The molecule has 12 nitrogen and oxygen atoms in total. The van der Waals surface area contributed by atoms with Crippen LogP contribution < -0.4 is 24.3 Å². The van der Waals surface area contributed by atoms with Gasteiger partial charge in [0.2, 0.25) is 0 Å². The quantitative estimate of drug-likeness (QED) is 0.0653. The Morgan fingerprint density at radius 3 is 1.47 bits per heavy atom. The molecule has 8 aromatic rings. The molecular formula is C58H62FN5O7Si. The fourth-order valence-electron chi connectivity index (χ4n) is 9.33. The van der Waals surface area contributed by atoms with Gasteiger partial charge in [0, 0.05) is 0 Å². The number of anilines is 1. The molecule has 4 atom stereocenters. The predicted octanol–water partition coefficient (Wildman–Crippen LogP) is 11.9. The zero-order valence-corrected chi connectivity index (χ0v) is 43.2. The van der Waals surface area contributed by atoms with Gasteiger partial charge >= 0.3 is 0 Å². The van der Waals surface area contributed by atoms with Gasteiger partial charge < -0.3 is 38.2 Å². The maximum atomic E-state index is 18.5. The van der Waals surface area contributed by atoms with Crippen LogP contribution >= 0.6 is 0 Å². The number of hydrogen-bond donors (Lipinski definition) is 1. The van der Waals surface area contributed by atoms with Gasteiger partial charge in [0.15, 0.2) is 37.7 Å². The van der Waals surface area contributed by atoms with Crippen LogP contribution in [0.4, 0.5) is 10.2 Å². The zero-order valence-electron chi connectivity index (χ0n) is 42.2. The molecule has 1 fully saturated rings. The molecule has 72 heavy (non-hydrogen) atoms. The second-order valence-corrected chi connectivity index (χ2v) is 24.2. The Labute approximate surface area is 422 Å². The van der Waals surface area contributed by atoms with Gasteiger partial charge in [-0.25, -0.2) is 19.3 Å². The van der Waals surface area contributed by atoms with Crippen LogP contribution in [0.1, 0.15) is 60.4 Å². The third-order valence-corrected chi connectivity index (χ3v) is 18.9. The van der Waals surface area contributed by atoms with Crippen molar-refractivity contribution in [3.05, 3.63) is 204 Å². The maximum Gasteiger partial charge on any atom is 0.192 e. The van der Waals surface area contributed by atoms with Crippen LogP contribution in [0, 0.1) is 0 Å². The highest BCUT2D eigenvalue weighted by molar-refractivity contribution is 6.74. The lowest BCUT2D eigenvalue weighted by Crippen LogP contribution is -2.47. The van der Waals surface area contributed by atoms with Crippen molar-refractivity contribution in [1.82, 2.24) is 19.5 Å². The molecule has 1 N–H and O–H groups in total. The fourth-order valence-corrected chi connectivity index (χ4v) is 10.3. The Balaban J connectivity index is 1.18. The molecular weight excluding hydrogens is 926 g/mol. The van der Waals surface area contributed by atoms with Gasteiger partial charge in [0.05, 0.1) is 41.4 Å². The lowest BCUT2D eigenvalue weighted by atomic mass is 9.77. The Hall–Kier alpha value is -7.10. The van der Waals surface area contributed by atoms with Crippen LogP contribution in [-0.4, -0.2) is 81.3 Å². The molecule has 0 aliphatic carbocycles. The van der Waals surface area contributed by atoms with Gasteiger partial charge in [-0.3, -0.25) is 4.57 Å². The predicted molar refractivity (Wildman–Crippen MR) is 280 cm³/mol. The van der Waals surface area contributed by atoms with Crippen molar-refractivity contribution in [2.75, 3.05) is 40.4 Å². The number of alkyl halides is 1. The van der Waals surface area contributed by atoms with Gasteiger partial charge in [0.25, 0.3) is 0 Å². The Morgan fingerprint density at radius 2 is 1.01 bits per heavy atom. The van der Waals surface area contributed by atoms with E-state index in [1.54, 1.807) is 39.3 Å². The number of benzene rings is 6. The monoisotopic (exact) mass is 987 g/mol. The molecule has 6 aromatic carbocycles. The first-order valence-electron chi connectivity index (χ1n) is 24.0. The van der Waals surface area contributed by atoms with Crippen molar-refractivity contribution in [3.8, 4) is 23.0 Å². The fraction of sp³-hybridized carbons (Fsp3) is 0.293. The van der Waals surface area contributed by atoms with E-state index < -0.39 is 44.1 Å². The van der Waals surface area contributed by atoms with Crippen LogP contribution in [0.25, 0.3) is 11.2 Å². The number of rotatable bonds is 18. The molecule has 0 radical (unpaired) electrons. The number of imidazole rings is 1. The molecule has 0 unspecified atom stereocenters. The summed E-state index contributed by atoms with van der Waals surface area (Å²) in [6, 6.07) is 51.2. The Morgan fingerprint density at radius 1 is 0.583 bits per heavy atom. The lowest BCUT2D eigenvalue weighted by Gasteiger charge is -2.40. The lowest BCUT2D eigenvalue weighted by molar-refractivity contribution is -0.103. The van der Waals surface area contributed by atoms with Crippen LogP contribution in [-0.2, 0) is 25.0 Å². The van der Waals surface area contributed by atoms with Crippen molar-refractivity contribution >= 4 is 25.3 Å². The molecule has 3 heterocycles. The third-order valence-electron chi connectivity index (χ3n) is 14.4. The average Bonchev–Trinajstić information content (AvgIpc) is 3.99. The van der Waals surface area contributed by atoms with E-state index in [1.165, 1.54) is 6.33 Å². The van der Waals surface area contributed by atoms with E-state index in [-0.39, 0.29) is 11.6 Å². The van der Waals surface area contributed by atoms with E-state index in [4.69, 9.17) is 47.8 Å². The van der Waals surface area contributed by atoms with E-state index >= 15 is 4.39 Å². The minimum Gasteiger partial charge on any atom is -0.497 e. The first-order valence-corrected chi connectivity index (χ1v) is 26.9. The largest absolute Gasteiger partial charge is 0.497 e. The summed E-state index contributed by atoms with van der Waals surface area (Å²) in [4.78, 5) is 14.5. The second kappa shape index (κ2) is 20.6. The number of nitrogens with one attached hydrogen (secondary N) is 1. The summed E-state index contributed by atoms with van der Waals surface area (Å²) in [5.41, 5.74) is 3.39. The van der Waals surface area contributed by atoms with E-state index in [0.717, 1.165) is 33.4 Å². The molecule has 1 aliphatic heterocycles. The van der Waals surface area contributed by atoms with Gasteiger partial charge in [-0.05, 0) is 100 Å². The first kappa shape index (κ1) is 49.9. The number of methoxy groups -OCH3 is 4. The smallest absolute Gasteiger partial charge is 0.192 e. The molecule has 1 saturated heterocycles. The molecule has 1 aliphatic rings. The molecule has 9 rings (SSSR count). The van der Waals surface area contributed by atoms with Gasteiger partial charge in [-0.2, -0.15) is 0 Å². The van der Waals surface area contributed by atoms with Gasteiger partial charge in [0.1, 0.15) is 52.7 Å². The van der Waals surface area contributed by atoms with Crippen LogP contribution in [0.2, 0.25) is 18.1 Å². The SMILES string of the molecule is COc1ccc(C(Nc2ncnc3c2ncn3[C@@H]2O[C@H](CO[Si](C)(C)C(C)(C)C)[C@H](OC(c3ccccc3)(c3ccc(OC)cc3)c3ccc(OC)cc3)[C@H]2F)(c2ccccc2)c2ccc(OC)cc2)cc1. The number of aromatic nitrogens is 4. The molecule has 0 saturated carbocycles. The normalized spacial score (nSPS) is 17.4. The van der Waals surface area contributed by atoms with Crippen molar-refractivity contribution in [3.63, 3.8) is 0 Å². The van der Waals surface area contributed by atoms with E-state index in [9.17, 15) is 0 Å². The first-order chi connectivity index (χ1) is 34.8. The molecule has 0 spiro atoms. The minimum atomic E-state index is -2.40. The van der Waals surface area contributed by atoms with Crippen LogP contribution in [0.3, 0.4) is 0 Å². The zero-order chi connectivity index (χ0) is 50.7. The van der Waals surface area contributed by atoms with Crippen molar-refractivity contribution in [1.29, 1.82) is 0 Å². The number of ether oxygens (including phenoxy) is 6. The number of halogens is 1. The molecule has 372 valence electrons. The van der Waals surface area contributed by atoms with E-state index in [0.29, 0.717) is 40.0 Å². The topological polar surface area (TPSA) is 120 Å². The average molecular weight is 988 g/mol. The van der Waals surface area contributed by atoms with Gasteiger partial charge in [-0.15, -0.1) is 0 Å².